The summed E-state index contributed by atoms with van der Waals surface area (Å²) in [5, 5.41) is 14.6. The van der Waals surface area contributed by atoms with Crippen LogP contribution in [0.3, 0.4) is 0 Å². The predicted octanol–water partition coefficient (Wildman–Crippen LogP) is 0.682. The zero-order chi connectivity index (χ0) is 15.1. The van der Waals surface area contributed by atoms with Crippen molar-refractivity contribution in [1.29, 1.82) is 10.5 Å². The van der Waals surface area contributed by atoms with Crippen molar-refractivity contribution in [3.8, 4) is 12.1 Å². The van der Waals surface area contributed by atoms with Gasteiger partial charge in [0.1, 0.15) is 5.78 Å². The molecule has 108 valence electrons. The van der Waals surface area contributed by atoms with Crippen molar-refractivity contribution >= 4 is 23.5 Å². The number of carbonyl (C=O) groups is 4. The standard InChI is InChI=1S/C7H8O5.2C2H3N.Ni/c1-4(8)3-6(10)7(11)12-5(2)9;2*1-2-3;/h3H2,1-2H3;2*1H3;. The Morgan fingerprint density at radius 2 is 1.32 bits per heavy atom. The van der Waals surface area contributed by atoms with E-state index in [9.17, 15) is 19.2 Å². The van der Waals surface area contributed by atoms with Crippen LogP contribution in [-0.4, -0.2) is 23.5 Å². The molecule has 0 aliphatic rings. The molecular weight excluding hydrogens is 299 g/mol. The third kappa shape index (κ3) is 31.4. The van der Waals surface area contributed by atoms with E-state index in [1.54, 1.807) is 12.1 Å². The predicted molar refractivity (Wildman–Crippen MR) is 59.7 cm³/mol. The number of Topliss-reactive ketones (excluding diaryl/α,β-unsaturated/α-hetero) is 2. The Balaban J connectivity index is -0.000000137. The molecule has 0 aromatic rings. The van der Waals surface area contributed by atoms with Gasteiger partial charge in [0.15, 0.2) is 0 Å². The van der Waals surface area contributed by atoms with Crippen LogP contribution in [0.5, 0.6) is 0 Å². The summed E-state index contributed by atoms with van der Waals surface area (Å²) in [4.78, 5) is 41.7. The average Bonchev–Trinajstić information content (AvgIpc) is 2.17. The third-order valence-electron chi connectivity index (χ3n) is 0.874. The minimum absolute atomic E-state index is 0. The summed E-state index contributed by atoms with van der Waals surface area (Å²) in [6.07, 6.45) is -0.522. The summed E-state index contributed by atoms with van der Waals surface area (Å²) in [6, 6.07) is 3.50. The number of ether oxygens (including phenoxy) is 1. The number of nitriles is 2. The maximum absolute atomic E-state index is 10.6. The molecule has 7 nitrogen and oxygen atoms in total. The summed E-state index contributed by atoms with van der Waals surface area (Å²) < 4.78 is 3.93. The van der Waals surface area contributed by atoms with E-state index >= 15 is 0 Å². The number of nitrogens with zero attached hydrogens (tertiary/aromatic N) is 2. The summed E-state index contributed by atoms with van der Waals surface area (Å²) in [5.41, 5.74) is 0. The molecular formula is C11H14N2NiO5. The molecule has 0 saturated carbocycles. The number of esters is 2. The normalized spacial score (nSPS) is 6.42. The molecule has 0 saturated heterocycles. The largest absolute Gasteiger partial charge is 0.387 e. The van der Waals surface area contributed by atoms with Crippen LogP contribution in [0.15, 0.2) is 0 Å². The Labute approximate surface area is 121 Å². The molecule has 0 fully saturated rings. The first-order valence-electron chi connectivity index (χ1n) is 4.63. The molecule has 0 unspecified atom stereocenters. The van der Waals surface area contributed by atoms with Crippen molar-refractivity contribution in [3.63, 3.8) is 0 Å². The second-order valence-corrected chi connectivity index (χ2v) is 2.63. The van der Waals surface area contributed by atoms with Crippen molar-refractivity contribution in [2.45, 2.75) is 34.1 Å². The average molecular weight is 313 g/mol. The number of hydrogen-bond donors (Lipinski definition) is 0. The van der Waals surface area contributed by atoms with E-state index in [4.69, 9.17) is 10.5 Å². The molecule has 0 aliphatic heterocycles. The topological polar surface area (TPSA) is 125 Å². The first-order valence-corrected chi connectivity index (χ1v) is 4.63. The fraction of sp³-hybridized carbons (Fsp3) is 0.455. The second kappa shape index (κ2) is 18.3. The number of hydrogen-bond acceptors (Lipinski definition) is 7. The molecule has 0 rings (SSSR count). The van der Waals surface area contributed by atoms with Crippen molar-refractivity contribution in [3.05, 3.63) is 0 Å². The van der Waals surface area contributed by atoms with Gasteiger partial charge in [0.25, 0.3) is 0 Å². The smallest absolute Gasteiger partial charge is 0.382 e. The van der Waals surface area contributed by atoms with Crippen LogP contribution in [0, 0.1) is 22.7 Å². The van der Waals surface area contributed by atoms with Crippen molar-refractivity contribution < 1.29 is 40.4 Å². The zero-order valence-electron chi connectivity index (χ0n) is 11.0. The summed E-state index contributed by atoms with van der Waals surface area (Å²) >= 11 is 0. The Kier molecular flexibility index (Phi) is 24.8. The SMILES string of the molecule is CC#N.CC#N.CC(=O)CC(=O)C(=O)OC(C)=O.[Ni]. The van der Waals surface area contributed by atoms with Gasteiger partial charge in [-0.15, -0.1) is 0 Å². The minimum Gasteiger partial charge on any atom is -0.387 e. The zero-order valence-corrected chi connectivity index (χ0v) is 11.9. The molecule has 0 amide bonds. The van der Waals surface area contributed by atoms with E-state index in [0.29, 0.717) is 0 Å². The molecule has 0 N–H and O–H groups in total. The van der Waals surface area contributed by atoms with Crippen molar-refractivity contribution in [1.82, 2.24) is 0 Å². The molecule has 0 atom stereocenters. The first-order chi connectivity index (χ1) is 8.26. The van der Waals surface area contributed by atoms with Crippen molar-refractivity contribution in [2.75, 3.05) is 0 Å². The van der Waals surface area contributed by atoms with Crippen LogP contribution in [-0.2, 0) is 40.4 Å². The third-order valence-corrected chi connectivity index (χ3v) is 0.874. The van der Waals surface area contributed by atoms with E-state index in [1.165, 1.54) is 20.8 Å². The van der Waals surface area contributed by atoms with Gasteiger partial charge in [0.2, 0.25) is 5.78 Å². The van der Waals surface area contributed by atoms with Gasteiger partial charge < -0.3 is 4.74 Å². The monoisotopic (exact) mass is 312 g/mol. The van der Waals surface area contributed by atoms with Crippen molar-refractivity contribution in [2.24, 2.45) is 0 Å². The second-order valence-electron chi connectivity index (χ2n) is 2.63. The maximum Gasteiger partial charge on any atom is 0.382 e. The maximum atomic E-state index is 10.6. The van der Waals surface area contributed by atoms with Crippen LogP contribution in [0.4, 0.5) is 0 Å². The molecule has 19 heavy (non-hydrogen) atoms. The Bertz CT molecular complexity index is 355. The van der Waals surface area contributed by atoms with Gasteiger partial charge in [-0.05, 0) is 6.92 Å². The van der Waals surface area contributed by atoms with E-state index in [1.807, 2.05) is 0 Å². The van der Waals surface area contributed by atoms with Crippen LogP contribution in [0.2, 0.25) is 0 Å². The number of carbonyl (C=O) groups excluding carboxylic acids is 4. The molecule has 0 aromatic heterocycles. The van der Waals surface area contributed by atoms with Gasteiger partial charge in [-0.1, -0.05) is 0 Å². The van der Waals surface area contributed by atoms with Gasteiger partial charge in [-0.2, -0.15) is 10.5 Å². The van der Waals surface area contributed by atoms with Gasteiger partial charge in [-0.3, -0.25) is 14.4 Å². The van der Waals surface area contributed by atoms with Gasteiger partial charge in [-0.25, -0.2) is 4.79 Å². The van der Waals surface area contributed by atoms with Crippen LogP contribution in [0.25, 0.3) is 0 Å². The molecule has 0 aliphatic carbocycles. The Morgan fingerprint density at radius 3 is 1.53 bits per heavy atom. The number of rotatable bonds is 3. The molecule has 0 heterocycles. The van der Waals surface area contributed by atoms with Crippen LogP contribution in [0.1, 0.15) is 34.1 Å². The summed E-state index contributed by atoms with van der Waals surface area (Å²) in [5.74, 6) is -3.59. The quantitative estimate of drug-likeness (QED) is 0.324. The Morgan fingerprint density at radius 1 is 1.00 bits per heavy atom. The van der Waals surface area contributed by atoms with Gasteiger partial charge in [0, 0.05) is 37.3 Å². The fourth-order valence-electron chi connectivity index (χ4n) is 0.486. The van der Waals surface area contributed by atoms with E-state index in [2.05, 4.69) is 4.74 Å². The molecule has 0 aromatic carbocycles. The van der Waals surface area contributed by atoms with Gasteiger partial charge in [0.05, 0.1) is 18.6 Å². The van der Waals surface area contributed by atoms with Crippen LogP contribution >= 0.6 is 0 Å². The van der Waals surface area contributed by atoms with E-state index < -0.39 is 29.9 Å². The molecule has 0 spiro atoms. The summed E-state index contributed by atoms with van der Waals surface area (Å²) in [6.45, 7) is 5.03. The minimum atomic E-state index is -1.28. The van der Waals surface area contributed by atoms with E-state index in [0.717, 1.165) is 6.92 Å². The molecule has 8 heteroatoms. The Hall–Kier alpha value is -2.05. The fourth-order valence-corrected chi connectivity index (χ4v) is 0.486. The first kappa shape index (κ1) is 25.7. The van der Waals surface area contributed by atoms with Crippen LogP contribution < -0.4 is 0 Å². The van der Waals surface area contributed by atoms with E-state index in [-0.39, 0.29) is 16.5 Å². The molecule has 0 bridgehead atoms. The van der Waals surface area contributed by atoms with Gasteiger partial charge >= 0.3 is 11.9 Å². The molecule has 0 radical (unpaired) electrons. The number of ketones is 2. The summed E-state index contributed by atoms with van der Waals surface area (Å²) in [7, 11) is 0.